The molecule has 1 aliphatic rings. The third-order valence-corrected chi connectivity index (χ3v) is 5.43. The monoisotopic (exact) mass is 421 g/mol. The first-order chi connectivity index (χ1) is 15.1. The number of amides is 1. The molecular formula is C24H27N3O4. The van der Waals surface area contributed by atoms with Gasteiger partial charge in [0.1, 0.15) is 11.5 Å². The molecule has 0 aliphatic carbocycles. The SMILES string of the molecule is Cc1ccc(OCc2nc(C3CCN(C(=O)COc4cccc(C)c4)CC3)no2)cc1. The van der Waals surface area contributed by atoms with Crippen LogP contribution in [0.1, 0.15) is 41.6 Å². The van der Waals surface area contributed by atoms with Gasteiger partial charge in [-0.15, -0.1) is 0 Å². The molecule has 0 radical (unpaired) electrons. The maximum Gasteiger partial charge on any atom is 0.264 e. The fraction of sp³-hybridized carbons (Fsp3) is 0.375. The molecule has 7 heteroatoms. The topological polar surface area (TPSA) is 77.7 Å². The summed E-state index contributed by atoms with van der Waals surface area (Å²) in [5.41, 5.74) is 2.29. The highest BCUT2D eigenvalue weighted by atomic mass is 16.5. The summed E-state index contributed by atoms with van der Waals surface area (Å²) < 4.78 is 16.7. The Morgan fingerprint density at radius 2 is 1.81 bits per heavy atom. The van der Waals surface area contributed by atoms with E-state index in [2.05, 4.69) is 10.1 Å². The number of hydrogen-bond acceptors (Lipinski definition) is 6. The molecule has 0 unspecified atom stereocenters. The van der Waals surface area contributed by atoms with Gasteiger partial charge in [-0.1, -0.05) is 35.0 Å². The van der Waals surface area contributed by atoms with Crippen LogP contribution >= 0.6 is 0 Å². The van der Waals surface area contributed by atoms with E-state index in [0.717, 1.165) is 29.9 Å². The smallest absolute Gasteiger partial charge is 0.264 e. The van der Waals surface area contributed by atoms with E-state index in [-0.39, 0.29) is 25.0 Å². The standard InChI is InChI=1S/C24H27N3O4/c1-17-6-8-20(9-7-17)29-15-22-25-24(26-31-22)19-10-12-27(13-11-19)23(28)16-30-21-5-3-4-18(2)14-21/h3-9,14,19H,10-13,15-16H2,1-2H3. The van der Waals surface area contributed by atoms with Crippen molar-refractivity contribution in [3.63, 3.8) is 0 Å². The third kappa shape index (κ3) is 5.63. The Balaban J connectivity index is 1.23. The molecule has 31 heavy (non-hydrogen) atoms. The van der Waals surface area contributed by atoms with Crippen molar-refractivity contribution in [1.82, 2.24) is 15.0 Å². The van der Waals surface area contributed by atoms with Crippen molar-refractivity contribution in [2.45, 2.75) is 39.2 Å². The molecule has 1 aliphatic heterocycles. The summed E-state index contributed by atoms with van der Waals surface area (Å²) >= 11 is 0. The summed E-state index contributed by atoms with van der Waals surface area (Å²) in [7, 11) is 0. The van der Waals surface area contributed by atoms with Crippen molar-refractivity contribution in [3.05, 3.63) is 71.4 Å². The largest absolute Gasteiger partial charge is 0.484 e. The minimum atomic E-state index is 0.000236. The molecule has 162 valence electrons. The van der Waals surface area contributed by atoms with E-state index in [9.17, 15) is 4.79 Å². The number of carbonyl (C=O) groups excluding carboxylic acids is 1. The third-order valence-electron chi connectivity index (χ3n) is 5.43. The molecule has 0 saturated carbocycles. The van der Waals surface area contributed by atoms with E-state index in [1.807, 2.05) is 67.3 Å². The molecule has 1 aromatic heterocycles. The quantitative estimate of drug-likeness (QED) is 0.573. The van der Waals surface area contributed by atoms with E-state index < -0.39 is 0 Å². The van der Waals surface area contributed by atoms with Crippen LogP contribution in [0.3, 0.4) is 0 Å². The maximum atomic E-state index is 12.5. The molecule has 4 rings (SSSR count). The van der Waals surface area contributed by atoms with E-state index >= 15 is 0 Å². The number of nitrogens with zero attached hydrogens (tertiary/aromatic N) is 3. The molecular weight excluding hydrogens is 394 g/mol. The number of piperidine rings is 1. The van der Waals surface area contributed by atoms with Gasteiger partial charge in [0.2, 0.25) is 0 Å². The number of aromatic nitrogens is 2. The van der Waals surface area contributed by atoms with Crippen LogP contribution in [0.25, 0.3) is 0 Å². The van der Waals surface area contributed by atoms with Crippen LogP contribution in [-0.2, 0) is 11.4 Å². The van der Waals surface area contributed by atoms with Crippen molar-refractivity contribution < 1.29 is 18.8 Å². The second-order valence-corrected chi connectivity index (χ2v) is 7.91. The summed E-state index contributed by atoms with van der Waals surface area (Å²) in [6.07, 6.45) is 1.60. The van der Waals surface area contributed by atoms with Crippen LogP contribution in [0.15, 0.2) is 53.1 Å². The van der Waals surface area contributed by atoms with Crippen LogP contribution in [0.5, 0.6) is 11.5 Å². The molecule has 0 N–H and O–H groups in total. The second kappa shape index (κ2) is 9.64. The van der Waals surface area contributed by atoms with E-state index in [1.54, 1.807) is 0 Å². The van der Waals surface area contributed by atoms with Gasteiger partial charge in [-0.3, -0.25) is 4.79 Å². The molecule has 0 atom stereocenters. The Hall–Kier alpha value is -3.35. The lowest BCUT2D eigenvalue weighted by Gasteiger charge is -2.30. The second-order valence-electron chi connectivity index (χ2n) is 7.91. The Bertz CT molecular complexity index is 1010. The highest BCUT2D eigenvalue weighted by Crippen LogP contribution is 2.26. The van der Waals surface area contributed by atoms with E-state index in [4.69, 9.17) is 14.0 Å². The number of benzene rings is 2. The highest BCUT2D eigenvalue weighted by molar-refractivity contribution is 5.77. The van der Waals surface area contributed by atoms with Gasteiger partial charge in [0.05, 0.1) is 0 Å². The minimum Gasteiger partial charge on any atom is -0.484 e. The summed E-state index contributed by atoms with van der Waals surface area (Å²) in [4.78, 5) is 18.8. The van der Waals surface area contributed by atoms with Gasteiger partial charge in [0.15, 0.2) is 19.0 Å². The number of likely N-dealkylation sites (tertiary alicyclic amines) is 1. The molecule has 7 nitrogen and oxygen atoms in total. The average molecular weight is 421 g/mol. The van der Waals surface area contributed by atoms with Crippen molar-refractivity contribution in [2.24, 2.45) is 0 Å². The maximum absolute atomic E-state index is 12.5. The van der Waals surface area contributed by atoms with Crippen LogP contribution in [-0.4, -0.2) is 40.6 Å². The van der Waals surface area contributed by atoms with Crippen LogP contribution in [0, 0.1) is 13.8 Å². The lowest BCUT2D eigenvalue weighted by molar-refractivity contribution is -0.134. The van der Waals surface area contributed by atoms with Crippen molar-refractivity contribution in [2.75, 3.05) is 19.7 Å². The molecule has 0 spiro atoms. The first kappa shape index (κ1) is 20.9. The van der Waals surface area contributed by atoms with Gasteiger partial charge in [-0.05, 0) is 56.5 Å². The highest BCUT2D eigenvalue weighted by Gasteiger charge is 2.27. The number of hydrogen-bond donors (Lipinski definition) is 0. The lowest BCUT2D eigenvalue weighted by Crippen LogP contribution is -2.40. The van der Waals surface area contributed by atoms with Crippen molar-refractivity contribution >= 4 is 5.91 Å². The summed E-state index contributed by atoms with van der Waals surface area (Å²) in [6.45, 7) is 5.64. The van der Waals surface area contributed by atoms with Crippen LogP contribution in [0.2, 0.25) is 0 Å². The van der Waals surface area contributed by atoms with Crippen molar-refractivity contribution in [1.29, 1.82) is 0 Å². The first-order valence-corrected chi connectivity index (χ1v) is 10.6. The summed E-state index contributed by atoms with van der Waals surface area (Å²) in [5.74, 6) is 2.81. The zero-order chi connectivity index (χ0) is 21.6. The number of ether oxygens (including phenoxy) is 2. The molecule has 1 amide bonds. The van der Waals surface area contributed by atoms with E-state index in [1.165, 1.54) is 5.56 Å². The lowest BCUT2D eigenvalue weighted by atomic mass is 9.96. The molecule has 3 aromatic rings. The van der Waals surface area contributed by atoms with Crippen LogP contribution in [0.4, 0.5) is 0 Å². The van der Waals surface area contributed by atoms with Gasteiger partial charge in [0.25, 0.3) is 11.8 Å². The molecule has 1 saturated heterocycles. The van der Waals surface area contributed by atoms with Crippen molar-refractivity contribution in [3.8, 4) is 11.5 Å². The normalized spacial score (nSPS) is 14.5. The van der Waals surface area contributed by atoms with Gasteiger partial charge >= 0.3 is 0 Å². The Kier molecular flexibility index (Phi) is 6.50. The molecule has 2 aromatic carbocycles. The number of carbonyl (C=O) groups is 1. The fourth-order valence-electron chi connectivity index (χ4n) is 3.60. The van der Waals surface area contributed by atoms with E-state index in [0.29, 0.717) is 24.8 Å². The summed E-state index contributed by atoms with van der Waals surface area (Å²) in [5, 5.41) is 4.13. The number of aryl methyl sites for hydroxylation is 2. The van der Waals surface area contributed by atoms with Gasteiger partial charge < -0.3 is 18.9 Å². The Labute approximate surface area is 182 Å². The zero-order valence-electron chi connectivity index (χ0n) is 17.9. The van der Waals surface area contributed by atoms with Gasteiger partial charge in [-0.25, -0.2) is 0 Å². The first-order valence-electron chi connectivity index (χ1n) is 10.6. The molecule has 1 fully saturated rings. The molecule has 0 bridgehead atoms. The zero-order valence-corrected chi connectivity index (χ0v) is 17.9. The predicted molar refractivity (Wildman–Crippen MR) is 115 cm³/mol. The average Bonchev–Trinajstić information content (AvgIpc) is 3.26. The minimum absolute atomic E-state index is 0.000236. The fourth-order valence-corrected chi connectivity index (χ4v) is 3.60. The number of rotatable bonds is 7. The van der Waals surface area contributed by atoms with Gasteiger partial charge in [0, 0.05) is 19.0 Å². The Morgan fingerprint density at radius 3 is 2.55 bits per heavy atom. The predicted octanol–water partition coefficient (Wildman–Crippen LogP) is 4.05. The summed E-state index contributed by atoms with van der Waals surface area (Å²) in [6, 6.07) is 15.5. The molecule has 2 heterocycles. The van der Waals surface area contributed by atoms with Gasteiger partial charge in [-0.2, -0.15) is 4.98 Å². The van der Waals surface area contributed by atoms with Crippen LogP contribution < -0.4 is 9.47 Å². The Morgan fingerprint density at radius 1 is 1.03 bits per heavy atom.